The van der Waals surface area contributed by atoms with Crippen LogP contribution in [0, 0.1) is 17.3 Å². The number of phenolic OH excluding ortho intramolecular Hbond substituents is 2. The van der Waals surface area contributed by atoms with Crippen molar-refractivity contribution in [1.82, 2.24) is 0 Å². The smallest absolute Gasteiger partial charge is 0.127 e. The van der Waals surface area contributed by atoms with E-state index in [2.05, 4.69) is 20.8 Å². The number of benzene rings is 2. The molecule has 2 N–H and O–H groups in total. The predicted octanol–water partition coefficient (Wildman–Crippen LogP) is 5.39. The lowest BCUT2D eigenvalue weighted by Gasteiger charge is -2.36. The van der Waals surface area contributed by atoms with Gasteiger partial charge in [0.25, 0.3) is 0 Å². The fourth-order valence-corrected chi connectivity index (χ4v) is 4.61. The van der Waals surface area contributed by atoms with Crippen molar-refractivity contribution >= 4 is 0 Å². The summed E-state index contributed by atoms with van der Waals surface area (Å²) < 4.78 is 6.40. The molecule has 1 fully saturated rings. The molecular weight excluding hydrogens is 312 g/mol. The standard InChI is InChI=1S/C22H26O3/c1-22(2,3)14-10-17-18-12-16(24)8-9-20(18)25-21(19(17)11-14)13-4-6-15(23)7-5-13/h4-9,12,14,17,19,21,23-24H,10-11H2,1-3H3/t14-,17-,19-,21-/m1/s1. The molecule has 0 radical (unpaired) electrons. The van der Waals surface area contributed by atoms with Crippen molar-refractivity contribution in [2.45, 2.75) is 45.6 Å². The molecule has 0 unspecified atom stereocenters. The van der Waals surface area contributed by atoms with Gasteiger partial charge >= 0.3 is 0 Å². The van der Waals surface area contributed by atoms with Crippen LogP contribution in [0.3, 0.4) is 0 Å². The Labute approximate surface area is 149 Å². The zero-order valence-electron chi connectivity index (χ0n) is 15.1. The summed E-state index contributed by atoms with van der Waals surface area (Å²) in [4.78, 5) is 0. The third-order valence-electron chi connectivity index (χ3n) is 6.09. The minimum Gasteiger partial charge on any atom is -0.508 e. The molecule has 2 aliphatic rings. The van der Waals surface area contributed by atoms with Crippen LogP contribution in [0.4, 0.5) is 0 Å². The van der Waals surface area contributed by atoms with E-state index in [4.69, 9.17) is 4.74 Å². The Kier molecular flexibility index (Phi) is 3.71. The topological polar surface area (TPSA) is 49.7 Å². The molecule has 1 heterocycles. The van der Waals surface area contributed by atoms with Crippen LogP contribution in [0.5, 0.6) is 17.2 Å². The summed E-state index contributed by atoms with van der Waals surface area (Å²) in [6, 6.07) is 12.9. The number of hydrogen-bond donors (Lipinski definition) is 2. The van der Waals surface area contributed by atoms with Crippen molar-refractivity contribution in [3.8, 4) is 17.2 Å². The van der Waals surface area contributed by atoms with E-state index in [1.165, 1.54) is 0 Å². The molecule has 1 aliphatic carbocycles. The Morgan fingerprint density at radius 1 is 0.920 bits per heavy atom. The van der Waals surface area contributed by atoms with E-state index in [1.54, 1.807) is 18.2 Å². The van der Waals surface area contributed by atoms with Crippen LogP contribution in [-0.2, 0) is 0 Å². The van der Waals surface area contributed by atoms with Gasteiger partial charge in [-0.1, -0.05) is 32.9 Å². The van der Waals surface area contributed by atoms with Crippen molar-refractivity contribution in [2.75, 3.05) is 0 Å². The molecule has 0 saturated heterocycles. The molecule has 0 aromatic heterocycles. The van der Waals surface area contributed by atoms with Crippen molar-refractivity contribution in [2.24, 2.45) is 17.3 Å². The van der Waals surface area contributed by atoms with Crippen LogP contribution in [-0.4, -0.2) is 10.2 Å². The van der Waals surface area contributed by atoms with Gasteiger partial charge < -0.3 is 14.9 Å². The Balaban J connectivity index is 1.77. The number of phenols is 2. The van der Waals surface area contributed by atoms with E-state index in [0.717, 1.165) is 29.7 Å². The van der Waals surface area contributed by atoms with Crippen LogP contribution in [0.2, 0.25) is 0 Å². The van der Waals surface area contributed by atoms with Gasteiger partial charge in [-0.15, -0.1) is 0 Å². The lowest BCUT2D eigenvalue weighted by Crippen LogP contribution is -2.26. The van der Waals surface area contributed by atoms with E-state index >= 15 is 0 Å². The summed E-state index contributed by atoms with van der Waals surface area (Å²) in [5.74, 6) is 2.89. The highest BCUT2D eigenvalue weighted by molar-refractivity contribution is 5.46. The van der Waals surface area contributed by atoms with Gasteiger partial charge in [0.1, 0.15) is 23.4 Å². The van der Waals surface area contributed by atoms with Gasteiger partial charge in [0, 0.05) is 11.5 Å². The first-order chi connectivity index (χ1) is 11.8. The molecule has 3 heteroatoms. The molecule has 0 amide bonds. The molecule has 2 aromatic carbocycles. The monoisotopic (exact) mass is 338 g/mol. The molecule has 1 aliphatic heterocycles. The number of rotatable bonds is 1. The molecule has 25 heavy (non-hydrogen) atoms. The number of hydrogen-bond acceptors (Lipinski definition) is 3. The van der Waals surface area contributed by atoms with Crippen molar-refractivity contribution in [1.29, 1.82) is 0 Å². The second-order valence-electron chi connectivity index (χ2n) is 8.66. The first kappa shape index (κ1) is 16.3. The fourth-order valence-electron chi connectivity index (χ4n) is 4.61. The Hall–Kier alpha value is -2.16. The fraction of sp³-hybridized carbons (Fsp3) is 0.455. The highest BCUT2D eigenvalue weighted by atomic mass is 16.5. The van der Waals surface area contributed by atoms with Crippen molar-refractivity contribution < 1.29 is 14.9 Å². The quantitative estimate of drug-likeness (QED) is 0.733. The Morgan fingerprint density at radius 2 is 1.60 bits per heavy atom. The summed E-state index contributed by atoms with van der Waals surface area (Å²) >= 11 is 0. The van der Waals surface area contributed by atoms with Crippen LogP contribution >= 0.6 is 0 Å². The second kappa shape index (κ2) is 5.69. The van der Waals surface area contributed by atoms with Gasteiger partial charge in [-0.25, -0.2) is 0 Å². The molecule has 2 aromatic rings. The normalized spacial score (nSPS) is 28.1. The molecule has 4 atom stereocenters. The van der Waals surface area contributed by atoms with Gasteiger partial charge in [-0.2, -0.15) is 0 Å². The molecular formula is C22H26O3. The van der Waals surface area contributed by atoms with Gasteiger partial charge in [0.05, 0.1) is 0 Å². The van der Waals surface area contributed by atoms with Crippen LogP contribution in [0.25, 0.3) is 0 Å². The molecule has 3 nitrogen and oxygen atoms in total. The van der Waals surface area contributed by atoms with Crippen LogP contribution in [0.15, 0.2) is 42.5 Å². The Bertz CT molecular complexity index is 773. The van der Waals surface area contributed by atoms with Gasteiger partial charge in [0.15, 0.2) is 0 Å². The zero-order chi connectivity index (χ0) is 17.8. The summed E-state index contributed by atoms with van der Waals surface area (Å²) in [7, 11) is 0. The largest absolute Gasteiger partial charge is 0.508 e. The summed E-state index contributed by atoms with van der Waals surface area (Å²) in [5.41, 5.74) is 2.52. The van der Waals surface area contributed by atoms with Crippen LogP contribution in [0.1, 0.15) is 56.8 Å². The minimum atomic E-state index is -0.00464. The SMILES string of the molecule is CC(C)(C)[C@H]1C[C@@H]2[C@H](C1)c1cc(O)ccc1O[C@@H]2c1ccc(O)cc1. The van der Waals surface area contributed by atoms with E-state index in [1.807, 2.05) is 24.3 Å². The van der Waals surface area contributed by atoms with Gasteiger partial charge in [-0.05, 0) is 66.0 Å². The van der Waals surface area contributed by atoms with Crippen molar-refractivity contribution in [3.05, 3.63) is 53.6 Å². The zero-order valence-corrected chi connectivity index (χ0v) is 15.1. The first-order valence-electron chi connectivity index (χ1n) is 9.11. The average Bonchev–Trinajstić information content (AvgIpc) is 3.01. The van der Waals surface area contributed by atoms with E-state index < -0.39 is 0 Å². The molecule has 0 spiro atoms. The number of fused-ring (bicyclic) bond motifs is 3. The van der Waals surface area contributed by atoms with E-state index in [-0.39, 0.29) is 17.3 Å². The second-order valence-corrected chi connectivity index (χ2v) is 8.66. The first-order valence-corrected chi connectivity index (χ1v) is 9.11. The van der Waals surface area contributed by atoms with Crippen molar-refractivity contribution in [3.63, 3.8) is 0 Å². The Morgan fingerprint density at radius 3 is 2.28 bits per heavy atom. The summed E-state index contributed by atoms with van der Waals surface area (Å²) in [6.07, 6.45) is 2.24. The maximum atomic E-state index is 9.96. The lowest BCUT2D eigenvalue weighted by molar-refractivity contribution is 0.0994. The third-order valence-corrected chi connectivity index (χ3v) is 6.09. The van der Waals surface area contributed by atoms with E-state index in [0.29, 0.717) is 23.5 Å². The molecule has 4 rings (SSSR count). The minimum absolute atomic E-state index is 0.00464. The van der Waals surface area contributed by atoms with E-state index in [9.17, 15) is 10.2 Å². The number of aromatic hydroxyl groups is 2. The predicted molar refractivity (Wildman–Crippen MR) is 98.0 cm³/mol. The lowest BCUT2D eigenvalue weighted by atomic mass is 9.79. The molecule has 132 valence electrons. The molecule has 1 saturated carbocycles. The summed E-state index contributed by atoms with van der Waals surface area (Å²) in [5, 5.41) is 19.6. The van der Waals surface area contributed by atoms with Gasteiger partial charge in [0.2, 0.25) is 0 Å². The third kappa shape index (κ3) is 2.86. The average molecular weight is 338 g/mol. The highest BCUT2D eigenvalue weighted by Crippen LogP contribution is 2.59. The van der Waals surface area contributed by atoms with Crippen LogP contribution < -0.4 is 4.74 Å². The van der Waals surface area contributed by atoms with Gasteiger partial charge in [-0.3, -0.25) is 0 Å². The number of ether oxygens (including phenoxy) is 1. The summed E-state index contributed by atoms with van der Waals surface area (Å²) in [6.45, 7) is 6.94. The maximum Gasteiger partial charge on any atom is 0.127 e. The maximum absolute atomic E-state index is 9.96. The highest BCUT2D eigenvalue weighted by Gasteiger charge is 2.48. The molecule has 0 bridgehead atoms.